The van der Waals surface area contributed by atoms with Gasteiger partial charge < -0.3 is 15.0 Å². The van der Waals surface area contributed by atoms with Gasteiger partial charge in [0.15, 0.2) is 0 Å². The van der Waals surface area contributed by atoms with Crippen LogP contribution in [0.5, 0.6) is 0 Å². The lowest BCUT2D eigenvalue weighted by Gasteiger charge is -1.94. The third-order valence-corrected chi connectivity index (χ3v) is 4.35. The van der Waals surface area contributed by atoms with Crippen LogP contribution in [0.25, 0.3) is 33.2 Å². The predicted molar refractivity (Wildman–Crippen MR) is 102 cm³/mol. The van der Waals surface area contributed by atoms with Crippen molar-refractivity contribution < 1.29 is 0 Å². The molecule has 4 nitrogen and oxygen atoms in total. The van der Waals surface area contributed by atoms with E-state index in [0.717, 1.165) is 21.4 Å². The van der Waals surface area contributed by atoms with Gasteiger partial charge in [-0.3, -0.25) is 0 Å². The number of para-hydroxylation sites is 1. The molecule has 3 aromatic heterocycles. The maximum absolute atomic E-state index is 4.24. The fourth-order valence-corrected chi connectivity index (χ4v) is 3.06. The van der Waals surface area contributed by atoms with Crippen LogP contribution in [-0.2, 0) is 0 Å². The van der Waals surface area contributed by atoms with Gasteiger partial charge in [-0.15, -0.1) is 0 Å². The maximum atomic E-state index is 4.24. The molecule has 0 atom stereocenters. The molecule has 0 radical (unpaired) electrons. The summed E-state index contributed by atoms with van der Waals surface area (Å²) in [7, 11) is 0. The Kier molecular flexibility index (Phi) is 3.92. The van der Waals surface area contributed by atoms with Gasteiger partial charge in [-0.2, -0.15) is 0 Å². The van der Waals surface area contributed by atoms with Crippen molar-refractivity contribution in [2.24, 2.45) is 0 Å². The Labute approximate surface area is 147 Å². The molecule has 0 saturated heterocycles. The summed E-state index contributed by atoms with van der Waals surface area (Å²) in [6.45, 7) is 0. The molecule has 5 heteroatoms. The minimum Gasteiger partial charge on any atom is -0.361 e. The maximum Gasteiger partial charge on any atom is 0.139 e. The van der Waals surface area contributed by atoms with E-state index in [-0.39, 0.29) is 0 Å². The van der Waals surface area contributed by atoms with Crippen LogP contribution in [0.4, 0.5) is 0 Å². The average Bonchev–Trinajstić information content (AvgIpc) is 3.34. The second kappa shape index (κ2) is 6.37. The largest absolute Gasteiger partial charge is 0.361 e. The molecule has 5 rings (SSSR count). The molecule has 5 aromatic rings. The lowest BCUT2D eigenvalue weighted by Crippen LogP contribution is -1.77. The van der Waals surface area contributed by atoms with Crippen molar-refractivity contribution in [3.05, 3.63) is 77.8 Å². The van der Waals surface area contributed by atoms with E-state index in [0.29, 0.717) is 0 Å². The number of hydrogen-bond acceptors (Lipinski definition) is 1. The van der Waals surface area contributed by atoms with Crippen LogP contribution >= 0.6 is 15.9 Å². The Hall–Kier alpha value is -2.79. The lowest BCUT2D eigenvalue weighted by molar-refractivity contribution is 1.31. The quantitative estimate of drug-likeness (QED) is 0.354. The van der Waals surface area contributed by atoms with E-state index in [1.807, 2.05) is 36.8 Å². The number of H-pyrrole nitrogens is 3. The SMILES string of the molecule is Brc1ccc2c(-c3ncc[nH]3)c[nH]c2c1.c1ccc2[nH]ccc2c1. The summed E-state index contributed by atoms with van der Waals surface area (Å²) in [4.78, 5) is 13.7. The third-order valence-electron chi connectivity index (χ3n) is 3.86. The standard InChI is InChI=1S/C11H8BrN3.C8H7N/c12-7-1-2-8-9(6-15-10(8)5-7)11-13-3-4-14-11;1-2-4-8-7(3-1)5-6-9-8/h1-6,15H,(H,13,14);1-6,9H. The summed E-state index contributed by atoms with van der Waals surface area (Å²) in [6.07, 6.45) is 7.50. The molecule has 2 aromatic carbocycles. The van der Waals surface area contributed by atoms with Crippen LogP contribution < -0.4 is 0 Å². The molecule has 3 N–H and O–H groups in total. The molecule has 0 bridgehead atoms. The first kappa shape index (κ1) is 14.8. The van der Waals surface area contributed by atoms with Crippen LogP contribution in [0.2, 0.25) is 0 Å². The molecule has 118 valence electrons. The molecule has 24 heavy (non-hydrogen) atoms. The second-order valence-electron chi connectivity index (χ2n) is 5.39. The highest BCUT2D eigenvalue weighted by molar-refractivity contribution is 9.10. The first-order chi connectivity index (χ1) is 11.8. The topological polar surface area (TPSA) is 60.3 Å². The van der Waals surface area contributed by atoms with Gasteiger partial charge in [0.2, 0.25) is 0 Å². The zero-order valence-electron chi connectivity index (χ0n) is 12.8. The molecule has 0 saturated carbocycles. The number of halogens is 1. The summed E-state index contributed by atoms with van der Waals surface area (Å²) in [5.41, 5.74) is 3.41. The molecule has 0 spiro atoms. The first-order valence-corrected chi connectivity index (χ1v) is 8.39. The van der Waals surface area contributed by atoms with Crippen molar-refractivity contribution in [2.45, 2.75) is 0 Å². The predicted octanol–water partition coefficient (Wildman–Crippen LogP) is 5.49. The number of fused-ring (bicyclic) bond motifs is 2. The zero-order valence-corrected chi connectivity index (χ0v) is 14.3. The van der Waals surface area contributed by atoms with Gasteiger partial charge in [-0.25, -0.2) is 4.98 Å². The lowest BCUT2D eigenvalue weighted by atomic mass is 10.2. The minimum absolute atomic E-state index is 0.892. The molecule has 0 aliphatic carbocycles. The van der Waals surface area contributed by atoms with Gasteiger partial charge in [0, 0.05) is 51.2 Å². The molecule has 0 unspecified atom stereocenters. The Balaban J connectivity index is 0.000000138. The Morgan fingerprint density at radius 2 is 1.75 bits per heavy atom. The summed E-state index contributed by atoms with van der Waals surface area (Å²) < 4.78 is 1.07. The number of nitrogens with one attached hydrogen (secondary N) is 3. The smallest absolute Gasteiger partial charge is 0.139 e. The van der Waals surface area contributed by atoms with Crippen molar-refractivity contribution in [2.75, 3.05) is 0 Å². The van der Waals surface area contributed by atoms with Gasteiger partial charge >= 0.3 is 0 Å². The van der Waals surface area contributed by atoms with E-state index < -0.39 is 0 Å². The molecule has 3 heterocycles. The van der Waals surface area contributed by atoms with Crippen molar-refractivity contribution in [1.82, 2.24) is 19.9 Å². The van der Waals surface area contributed by atoms with Crippen LogP contribution in [0.15, 0.2) is 77.8 Å². The molecule has 0 aliphatic heterocycles. The first-order valence-electron chi connectivity index (χ1n) is 7.60. The van der Waals surface area contributed by atoms with Crippen molar-refractivity contribution >= 4 is 37.7 Å². The van der Waals surface area contributed by atoms with E-state index in [2.05, 4.69) is 66.2 Å². The fraction of sp³-hybridized carbons (Fsp3) is 0. The molecule has 0 aliphatic rings. The van der Waals surface area contributed by atoms with Crippen molar-refractivity contribution in [1.29, 1.82) is 0 Å². The molecule has 0 amide bonds. The summed E-state index contributed by atoms with van der Waals surface area (Å²) >= 11 is 3.45. The minimum atomic E-state index is 0.892. The number of nitrogens with zero attached hydrogens (tertiary/aromatic N) is 1. The summed E-state index contributed by atoms with van der Waals surface area (Å²) in [5, 5.41) is 2.45. The van der Waals surface area contributed by atoms with Gasteiger partial charge in [0.1, 0.15) is 5.82 Å². The van der Waals surface area contributed by atoms with Crippen LogP contribution in [0.1, 0.15) is 0 Å². The van der Waals surface area contributed by atoms with E-state index in [4.69, 9.17) is 0 Å². The number of aromatic nitrogens is 4. The Morgan fingerprint density at radius 1 is 0.833 bits per heavy atom. The van der Waals surface area contributed by atoms with Gasteiger partial charge in [0.25, 0.3) is 0 Å². The number of rotatable bonds is 1. The molecule has 0 fully saturated rings. The molecular formula is C19H15BrN4. The summed E-state index contributed by atoms with van der Waals surface area (Å²) in [5.74, 6) is 0.892. The van der Waals surface area contributed by atoms with Crippen LogP contribution in [-0.4, -0.2) is 19.9 Å². The average molecular weight is 379 g/mol. The van der Waals surface area contributed by atoms with E-state index in [1.54, 1.807) is 6.20 Å². The van der Waals surface area contributed by atoms with Gasteiger partial charge in [0.05, 0.1) is 0 Å². The van der Waals surface area contributed by atoms with Crippen LogP contribution in [0, 0.1) is 0 Å². The summed E-state index contributed by atoms with van der Waals surface area (Å²) in [6, 6.07) is 16.4. The monoisotopic (exact) mass is 378 g/mol. The third kappa shape index (κ3) is 2.86. The Morgan fingerprint density at radius 3 is 2.58 bits per heavy atom. The normalized spacial score (nSPS) is 10.7. The number of benzene rings is 2. The Bertz CT molecular complexity index is 1040. The van der Waals surface area contributed by atoms with Gasteiger partial charge in [-0.05, 0) is 29.7 Å². The molecular weight excluding hydrogens is 364 g/mol. The van der Waals surface area contributed by atoms with E-state index in [9.17, 15) is 0 Å². The fourth-order valence-electron chi connectivity index (χ4n) is 2.70. The van der Waals surface area contributed by atoms with Gasteiger partial charge in [-0.1, -0.05) is 40.2 Å². The highest BCUT2D eigenvalue weighted by Gasteiger charge is 2.07. The van der Waals surface area contributed by atoms with Crippen molar-refractivity contribution in [3.8, 4) is 11.4 Å². The highest BCUT2D eigenvalue weighted by Crippen LogP contribution is 2.27. The van der Waals surface area contributed by atoms with E-state index in [1.165, 1.54) is 16.3 Å². The van der Waals surface area contributed by atoms with E-state index >= 15 is 0 Å². The number of hydrogen-bond donors (Lipinski definition) is 3. The van der Waals surface area contributed by atoms with Crippen molar-refractivity contribution in [3.63, 3.8) is 0 Å². The number of aromatic amines is 3. The second-order valence-corrected chi connectivity index (χ2v) is 6.31. The van der Waals surface area contributed by atoms with Crippen LogP contribution in [0.3, 0.4) is 0 Å². The zero-order chi connectivity index (χ0) is 16.4. The highest BCUT2D eigenvalue weighted by atomic mass is 79.9. The number of imidazole rings is 1.